The first-order valence-electron chi connectivity index (χ1n) is 5.47. The lowest BCUT2D eigenvalue weighted by atomic mass is 9.95. The maximum Gasteiger partial charge on any atom is 0.229 e. The van der Waals surface area contributed by atoms with E-state index in [4.69, 9.17) is 0 Å². The van der Waals surface area contributed by atoms with Crippen molar-refractivity contribution in [2.75, 3.05) is 16.3 Å². The Balaban J connectivity index is 2.75. The Bertz CT molecular complexity index is 527. The first kappa shape index (κ1) is 14.5. The Hall–Kier alpha value is -1.56. The van der Waals surface area contributed by atoms with Crippen LogP contribution in [0.15, 0.2) is 24.3 Å². The fraction of sp³-hybridized carbons (Fsp3) is 0.417. The predicted molar refractivity (Wildman–Crippen MR) is 73.0 cm³/mol. The van der Waals surface area contributed by atoms with Gasteiger partial charge in [-0.1, -0.05) is 20.8 Å². The number of nitrogens with one attached hydrogen (secondary N) is 2. The maximum atomic E-state index is 11.7. The van der Waals surface area contributed by atoms with Crippen LogP contribution in [0.2, 0.25) is 0 Å². The molecule has 0 aliphatic rings. The molecule has 100 valence electrons. The monoisotopic (exact) mass is 270 g/mol. The molecule has 0 unspecified atom stereocenters. The number of carbonyl (C=O) groups excluding carboxylic acids is 1. The number of hydrogen-bond donors (Lipinski definition) is 2. The van der Waals surface area contributed by atoms with E-state index in [2.05, 4.69) is 10.0 Å². The molecule has 0 aliphatic heterocycles. The highest BCUT2D eigenvalue weighted by molar-refractivity contribution is 7.92. The van der Waals surface area contributed by atoms with Crippen molar-refractivity contribution in [3.05, 3.63) is 24.3 Å². The van der Waals surface area contributed by atoms with Crippen molar-refractivity contribution in [1.29, 1.82) is 0 Å². The van der Waals surface area contributed by atoms with Gasteiger partial charge in [-0.05, 0) is 24.3 Å². The van der Waals surface area contributed by atoms with Gasteiger partial charge in [0.1, 0.15) is 0 Å². The molecular formula is C12H18N2O3S. The normalized spacial score (nSPS) is 12.0. The minimum Gasteiger partial charge on any atom is -0.326 e. The number of sulfonamides is 1. The molecule has 1 rings (SSSR count). The van der Waals surface area contributed by atoms with Crippen molar-refractivity contribution in [3.8, 4) is 0 Å². The Kier molecular flexibility index (Phi) is 4.01. The molecule has 5 nitrogen and oxygen atoms in total. The molecule has 1 aromatic rings. The lowest BCUT2D eigenvalue weighted by molar-refractivity contribution is -0.123. The second-order valence-corrected chi connectivity index (χ2v) is 6.90. The third-order valence-electron chi connectivity index (χ3n) is 2.13. The molecule has 0 atom stereocenters. The average molecular weight is 270 g/mol. The minimum absolute atomic E-state index is 0.0914. The summed E-state index contributed by atoms with van der Waals surface area (Å²) < 4.78 is 24.4. The molecule has 6 heteroatoms. The van der Waals surface area contributed by atoms with E-state index in [1.165, 1.54) is 0 Å². The first-order chi connectivity index (χ1) is 8.08. The third-order valence-corrected chi connectivity index (χ3v) is 2.73. The predicted octanol–water partition coefficient (Wildman–Crippen LogP) is 2.04. The van der Waals surface area contributed by atoms with Crippen LogP contribution in [0.4, 0.5) is 11.4 Å². The quantitative estimate of drug-likeness (QED) is 0.882. The van der Waals surface area contributed by atoms with Gasteiger partial charge >= 0.3 is 0 Å². The lowest BCUT2D eigenvalue weighted by Crippen LogP contribution is -2.27. The van der Waals surface area contributed by atoms with Crippen LogP contribution in [0.3, 0.4) is 0 Å². The average Bonchev–Trinajstić information content (AvgIpc) is 2.17. The van der Waals surface area contributed by atoms with Gasteiger partial charge in [0.25, 0.3) is 0 Å². The van der Waals surface area contributed by atoms with E-state index in [0.717, 1.165) is 6.26 Å². The van der Waals surface area contributed by atoms with E-state index in [9.17, 15) is 13.2 Å². The van der Waals surface area contributed by atoms with E-state index in [0.29, 0.717) is 11.4 Å². The Morgan fingerprint density at radius 2 is 1.50 bits per heavy atom. The molecule has 0 aromatic heterocycles. The summed E-state index contributed by atoms with van der Waals surface area (Å²) in [5, 5.41) is 2.76. The molecule has 1 amide bonds. The van der Waals surface area contributed by atoms with Gasteiger partial charge in [-0.2, -0.15) is 0 Å². The van der Waals surface area contributed by atoms with E-state index in [1.807, 2.05) is 20.8 Å². The molecule has 18 heavy (non-hydrogen) atoms. The van der Waals surface area contributed by atoms with Gasteiger partial charge in [-0.3, -0.25) is 9.52 Å². The summed E-state index contributed by atoms with van der Waals surface area (Å²) >= 11 is 0. The van der Waals surface area contributed by atoms with Crippen LogP contribution in [0, 0.1) is 5.41 Å². The van der Waals surface area contributed by atoms with Crippen LogP contribution >= 0.6 is 0 Å². The molecule has 0 aliphatic carbocycles. The fourth-order valence-corrected chi connectivity index (χ4v) is 1.72. The van der Waals surface area contributed by atoms with E-state index in [-0.39, 0.29) is 5.91 Å². The van der Waals surface area contributed by atoms with Crippen LogP contribution < -0.4 is 10.0 Å². The molecule has 0 spiro atoms. The zero-order valence-electron chi connectivity index (χ0n) is 10.9. The van der Waals surface area contributed by atoms with Crippen molar-refractivity contribution < 1.29 is 13.2 Å². The van der Waals surface area contributed by atoms with Gasteiger partial charge in [-0.15, -0.1) is 0 Å². The maximum absolute atomic E-state index is 11.7. The van der Waals surface area contributed by atoms with Crippen molar-refractivity contribution in [1.82, 2.24) is 0 Å². The number of benzene rings is 1. The SMILES string of the molecule is CC(C)(C)C(=O)Nc1ccc(NS(C)(=O)=O)cc1. The van der Waals surface area contributed by atoms with E-state index < -0.39 is 15.4 Å². The van der Waals surface area contributed by atoms with Crippen molar-refractivity contribution in [2.24, 2.45) is 5.41 Å². The molecule has 1 aromatic carbocycles. The Labute approximate surface area is 108 Å². The summed E-state index contributed by atoms with van der Waals surface area (Å²) in [4.78, 5) is 11.7. The molecule has 2 N–H and O–H groups in total. The highest BCUT2D eigenvalue weighted by Gasteiger charge is 2.20. The summed E-state index contributed by atoms with van der Waals surface area (Å²) in [6.45, 7) is 5.46. The standard InChI is InChI=1S/C12H18N2O3S/c1-12(2,3)11(15)13-9-5-7-10(8-6-9)14-18(4,16)17/h5-8,14H,1-4H3,(H,13,15). The number of hydrogen-bond acceptors (Lipinski definition) is 3. The summed E-state index contributed by atoms with van der Waals surface area (Å²) in [5.41, 5.74) is 0.629. The molecule has 0 radical (unpaired) electrons. The number of anilines is 2. The van der Waals surface area contributed by atoms with Gasteiger partial charge in [0.2, 0.25) is 15.9 Å². The second kappa shape index (κ2) is 4.97. The summed E-state index contributed by atoms with van der Waals surface area (Å²) in [6, 6.07) is 6.49. The van der Waals surface area contributed by atoms with Crippen LogP contribution in [0.25, 0.3) is 0 Å². The number of carbonyl (C=O) groups is 1. The summed E-state index contributed by atoms with van der Waals surface area (Å²) in [7, 11) is -3.27. The number of rotatable bonds is 3. The zero-order valence-corrected chi connectivity index (χ0v) is 11.8. The Morgan fingerprint density at radius 1 is 1.06 bits per heavy atom. The summed E-state index contributed by atoms with van der Waals surface area (Å²) in [5.74, 6) is -0.0914. The van der Waals surface area contributed by atoms with E-state index >= 15 is 0 Å². The fourth-order valence-electron chi connectivity index (χ4n) is 1.15. The van der Waals surface area contributed by atoms with Crippen molar-refractivity contribution >= 4 is 27.3 Å². The van der Waals surface area contributed by atoms with Crippen LogP contribution in [0.1, 0.15) is 20.8 Å². The molecule has 0 saturated carbocycles. The van der Waals surface area contributed by atoms with Crippen LogP contribution in [0.5, 0.6) is 0 Å². The molecule has 0 bridgehead atoms. The largest absolute Gasteiger partial charge is 0.326 e. The van der Waals surface area contributed by atoms with Gasteiger partial charge in [0, 0.05) is 16.8 Å². The topological polar surface area (TPSA) is 75.3 Å². The molecular weight excluding hydrogens is 252 g/mol. The van der Waals surface area contributed by atoms with Crippen molar-refractivity contribution in [3.63, 3.8) is 0 Å². The van der Waals surface area contributed by atoms with Crippen LogP contribution in [-0.2, 0) is 14.8 Å². The zero-order chi connectivity index (χ0) is 14.0. The highest BCUT2D eigenvalue weighted by Crippen LogP contribution is 2.19. The number of amides is 1. The lowest BCUT2D eigenvalue weighted by Gasteiger charge is -2.17. The smallest absolute Gasteiger partial charge is 0.229 e. The molecule has 0 fully saturated rings. The first-order valence-corrected chi connectivity index (χ1v) is 7.36. The second-order valence-electron chi connectivity index (χ2n) is 5.16. The van der Waals surface area contributed by atoms with Crippen molar-refractivity contribution in [2.45, 2.75) is 20.8 Å². The van der Waals surface area contributed by atoms with Gasteiger partial charge in [-0.25, -0.2) is 8.42 Å². The highest BCUT2D eigenvalue weighted by atomic mass is 32.2. The summed E-state index contributed by atoms with van der Waals surface area (Å²) in [6.07, 6.45) is 1.09. The molecule has 0 saturated heterocycles. The Morgan fingerprint density at radius 3 is 1.89 bits per heavy atom. The van der Waals surface area contributed by atoms with Gasteiger partial charge in [0.05, 0.1) is 6.26 Å². The van der Waals surface area contributed by atoms with E-state index in [1.54, 1.807) is 24.3 Å². The van der Waals surface area contributed by atoms with Gasteiger partial charge < -0.3 is 5.32 Å². The van der Waals surface area contributed by atoms with Crippen LogP contribution in [-0.4, -0.2) is 20.6 Å². The third kappa shape index (κ3) is 4.75. The minimum atomic E-state index is -3.27. The molecule has 0 heterocycles. The van der Waals surface area contributed by atoms with Gasteiger partial charge in [0.15, 0.2) is 0 Å².